The van der Waals surface area contributed by atoms with Gasteiger partial charge in [0.1, 0.15) is 15.6 Å². The zero-order valence-corrected chi connectivity index (χ0v) is 11.3. The van der Waals surface area contributed by atoms with Crippen molar-refractivity contribution in [3.05, 3.63) is 24.3 Å². The highest BCUT2D eigenvalue weighted by Crippen LogP contribution is 2.27. The number of anilines is 1. The number of nitrogens with two attached hydrogens (primary N) is 1. The van der Waals surface area contributed by atoms with Gasteiger partial charge in [0.15, 0.2) is 0 Å². The summed E-state index contributed by atoms with van der Waals surface area (Å²) in [5.74, 6) is 0.717. The molecule has 0 heterocycles. The molecule has 100 valence electrons. The van der Waals surface area contributed by atoms with Gasteiger partial charge in [0.05, 0.1) is 11.4 Å². The third-order valence-electron chi connectivity index (χ3n) is 3.34. The van der Waals surface area contributed by atoms with Gasteiger partial charge in [-0.25, -0.2) is 8.42 Å². The number of hydrogen-bond acceptors (Lipinski definition) is 4. The standard InChI is InChI=1S/C13H19NO3S/c1-18(15,16)13-7-3-6-12(9-13)17-11-5-2-4-10(14)8-11/h2,4-5,8,12-13H,3,6-7,9,14H2,1H3. The minimum atomic E-state index is -2.96. The van der Waals surface area contributed by atoms with E-state index < -0.39 is 9.84 Å². The van der Waals surface area contributed by atoms with Crippen molar-refractivity contribution in [1.29, 1.82) is 0 Å². The molecule has 5 heteroatoms. The van der Waals surface area contributed by atoms with Crippen LogP contribution in [0.25, 0.3) is 0 Å². The van der Waals surface area contributed by atoms with Crippen LogP contribution in [0, 0.1) is 0 Å². The summed E-state index contributed by atoms with van der Waals surface area (Å²) in [5.41, 5.74) is 6.34. The Morgan fingerprint density at radius 2 is 2.11 bits per heavy atom. The van der Waals surface area contributed by atoms with Gasteiger partial charge in [0.25, 0.3) is 0 Å². The van der Waals surface area contributed by atoms with Crippen LogP contribution in [0.5, 0.6) is 5.75 Å². The molecule has 0 radical (unpaired) electrons. The average Bonchev–Trinajstić information content (AvgIpc) is 2.28. The van der Waals surface area contributed by atoms with Crippen LogP contribution in [-0.2, 0) is 9.84 Å². The average molecular weight is 269 g/mol. The molecule has 1 aromatic carbocycles. The zero-order valence-electron chi connectivity index (χ0n) is 10.5. The van der Waals surface area contributed by atoms with Crippen LogP contribution in [0.1, 0.15) is 25.7 Å². The molecule has 0 saturated heterocycles. The topological polar surface area (TPSA) is 69.4 Å². The van der Waals surface area contributed by atoms with E-state index in [2.05, 4.69) is 0 Å². The van der Waals surface area contributed by atoms with E-state index in [4.69, 9.17) is 10.5 Å². The van der Waals surface area contributed by atoms with E-state index in [9.17, 15) is 8.42 Å². The van der Waals surface area contributed by atoms with Crippen LogP contribution in [0.2, 0.25) is 0 Å². The maximum atomic E-state index is 11.6. The number of rotatable bonds is 3. The number of ether oxygens (including phenoxy) is 1. The summed E-state index contributed by atoms with van der Waals surface area (Å²) in [6.45, 7) is 0. The smallest absolute Gasteiger partial charge is 0.150 e. The minimum Gasteiger partial charge on any atom is -0.490 e. The van der Waals surface area contributed by atoms with Crippen molar-refractivity contribution in [3.8, 4) is 5.75 Å². The molecular formula is C13H19NO3S. The fourth-order valence-corrected chi connectivity index (χ4v) is 3.54. The molecule has 4 nitrogen and oxygen atoms in total. The number of hydrogen-bond donors (Lipinski definition) is 1. The van der Waals surface area contributed by atoms with Crippen LogP contribution >= 0.6 is 0 Å². The van der Waals surface area contributed by atoms with Gasteiger partial charge < -0.3 is 10.5 Å². The van der Waals surface area contributed by atoms with E-state index >= 15 is 0 Å². The molecule has 0 spiro atoms. The number of benzene rings is 1. The van der Waals surface area contributed by atoms with Crippen LogP contribution in [0.4, 0.5) is 5.69 Å². The van der Waals surface area contributed by atoms with Crippen LogP contribution in [-0.4, -0.2) is 26.0 Å². The Kier molecular flexibility index (Phi) is 3.80. The first-order valence-electron chi connectivity index (χ1n) is 6.16. The van der Waals surface area contributed by atoms with E-state index in [0.29, 0.717) is 17.9 Å². The minimum absolute atomic E-state index is 0.0275. The third kappa shape index (κ3) is 3.38. The van der Waals surface area contributed by atoms with Crippen molar-refractivity contribution in [2.75, 3.05) is 12.0 Å². The van der Waals surface area contributed by atoms with E-state index in [1.165, 1.54) is 6.26 Å². The lowest BCUT2D eigenvalue weighted by Crippen LogP contribution is -2.33. The molecule has 0 aromatic heterocycles. The Morgan fingerprint density at radius 3 is 2.78 bits per heavy atom. The predicted octanol–water partition coefficient (Wildman–Crippen LogP) is 2.00. The molecule has 2 N–H and O–H groups in total. The van der Waals surface area contributed by atoms with Crippen molar-refractivity contribution in [2.45, 2.75) is 37.0 Å². The first-order valence-corrected chi connectivity index (χ1v) is 8.11. The summed E-state index contributed by atoms with van der Waals surface area (Å²) in [7, 11) is -2.96. The Bertz CT molecular complexity index is 513. The lowest BCUT2D eigenvalue weighted by molar-refractivity contribution is 0.156. The van der Waals surface area contributed by atoms with Gasteiger partial charge >= 0.3 is 0 Å². The van der Waals surface area contributed by atoms with Crippen molar-refractivity contribution in [1.82, 2.24) is 0 Å². The van der Waals surface area contributed by atoms with Gasteiger partial charge in [-0.1, -0.05) is 6.07 Å². The van der Waals surface area contributed by atoms with E-state index in [1.807, 2.05) is 12.1 Å². The zero-order chi connectivity index (χ0) is 13.2. The number of nitrogen functional groups attached to an aromatic ring is 1. The molecule has 1 aliphatic carbocycles. The monoisotopic (exact) mass is 269 g/mol. The van der Waals surface area contributed by atoms with Crippen molar-refractivity contribution >= 4 is 15.5 Å². The Morgan fingerprint density at radius 1 is 1.33 bits per heavy atom. The van der Waals surface area contributed by atoms with Gasteiger partial charge in [-0.15, -0.1) is 0 Å². The molecule has 2 unspecified atom stereocenters. The lowest BCUT2D eigenvalue weighted by Gasteiger charge is -2.28. The molecular weight excluding hydrogens is 250 g/mol. The molecule has 2 rings (SSSR count). The van der Waals surface area contributed by atoms with Crippen molar-refractivity contribution in [3.63, 3.8) is 0 Å². The first-order chi connectivity index (χ1) is 8.45. The molecule has 2 atom stereocenters. The fraction of sp³-hybridized carbons (Fsp3) is 0.538. The summed E-state index contributed by atoms with van der Waals surface area (Å²) >= 11 is 0. The normalized spacial score (nSPS) is 24.7. The van der Waals surface area contributed by atoms with Gasteiger partial charge in [-0.2, -0.15) is 0 Å². The van der Waals surface area contributed by atoms with Crippen molar-refractivity contribution < 1.29 is 13.2 Å². The molecule has 1 fully saturated rings. The van der Waals surface area contributed by atoms with E-state index in [-0.39, 0.29) is 11.4 Å². The second kappa shape index (κ2) is 5.18. The van der Waals surface area contributed by atoms with Crippen molar-refractivity contribution in [2.24, 2.45) is 0 Å². The van der Waals surface area contributed by atoms with Gasteiger partial charge in [0, 0.05) is 24.4 Å². The van der Waals surface area contributed by atoms with Gasteiger partial charge in [0.2, 0.25) is 0 Å². The Labute approximate surface area is 108 Å². The SMILES string of the molecule is CS(=O)(=O)C1CCCC(Oc2cccc(N)c2)C1. The molecule has 1 aromatic rings. The molecule has 1 aliphatic rings. The molecule has 1 saturated carbocycles. The molecule has 0 amide bonds. The summed E-state index contributed by atoms with van der Waals surface area (Å²) in [5, 5.41) is -0.266. The summed E-state index contributed by atoms with van der Waals surface area (Å²) in [6, 6.07) is 7.25. The highest BCUT2D eigenvalue weighted by Gasteiger charge is 2.29. The van der Waals surface area contributed by atoms with E-state index in [1.54, 1.807) is 12.1 Å². The second-order valence-corrected chi connectivity index (χ2v) is 7.26. The largest absolute Gasteiger partial charge is 0.490 e. The summed E-state index contributed by atoms with van der Waals surface area (Å²) in [6.07, 6.45) is 4.40. The Hall–Kier alpha value is -1.23. The van der Waals surface area contributed by atoms with Crippen LogP contribution < -0.4 is 10.5 Å². The summed E-state index contributed by atoms with van der Waals surface area (Å²) < 4.78 is 28.9. The lowest BCUT2D eigenvalue weighted by atomic mass is 9.97. The highest BCUT2D eigenvalue weighted by atomic mass is 32.2. The van der Waals surface area contributed by atoms with E-state index in [0.717, 1.165) is 19.3 Å². The third-order valence-corrected chi connectivity index (χ3v) is 4.98. The number of sulfone groups is 1. The quantitative estimate of drug-likeness (QED) is 0.852. The second-order valence-electron chi connectivity index (χ2n) is 4.93. The summed E-state index contributed by atoms with van der Waals surface area (Å²) in [4.78, 5) is 0. The van der Waals surface area contributed by atoms with Crippen LogP contribution in [0.3, 0.4) is 0 Å². The maximum absolute atomic E-state index is 11.6. The molecule has 0 bridgehead atoms. The first kappa shape index (κ1) is 13.2. The van der Waals surface area contributed by atoms with Gasteiger partial charge in [-0.3, -0.25) is 0 Å². The highest BCUT2D eigenvalue weighted by molar-refractivity contribution is 7.91. The molecule has 18 heavy (non-hydrogen) atoms. The van der Waals surface area contributed by atoms with Gasteiger partial charge in [-0.05, 0) is 31.4 Å². The Balaban J connectivity index is 2.02. The maximum Gasteiger partial charge on any atom is 0.150 e. The predicted molar refractivity (Wildman–Crippen MR) is 72.4 cm³/mol. The van der Waals surface area contributed by atoms with Crippen LogP contribution in [0.15, 0.2) is 24.3 Å². The fourth-order valence-electron chi connectivity index (χ4n) is 2.38. The molecule has 0 aliphatic heterocycles.